The Balaban J connectivity index is 2.74. The Kier molecular flexibility index (Phi) is 6.01. The number of rotatable bonds is 6. The van der Waals surface area contributed by atoms with E-state index in [0.717, 1.165) is 15.6 Å². The van der Waals surface area contributed by atoms with Crippen molar-refractivity contribution in [3.8, 4) is 0 Å². The number of anilines is 1. The largest absolute Gasteiger partial charge is 0.469 e. The van der Waals surface area contributed by atoms with Gasteiger partial charge in [0.05, 0.1) is 18.6 Å². The number of carbonyl (C=O) groups is 1. The molecule has 0 aliphatic carbocycles. The van der Waals surface area contributed by atoms with E-state index >= 15 is 0 Å². The van der Waals surface area contributed by atoms with Crippen LogP contribution in [0.4, 0.5) is 5.69 Å². The SMILES string of the molecule is COC(=O)CCCS(=O)(=O)Nc1c(C)cc(Br)cc1C. The Morgan fingerprint density at radius 3 is 2.35 bits per heavy atom. The summed E-state index contributed by atoms with van der Waals surface area (Å²) in [6.07, 6.45) is 0.326. The topological polar surface area (TPSA) is 72.5 Å². The van der Waals surface area contributed by atoms with E-state index in [1.807, 2.05) is 26.0 Å². The number of aryl methyl sites for hydroxylation is 2. The average molecular weight is 364 g/mol. The summed E-state index contributed by atoms with van der Waals surface area (Å²) in [4.78, 5) is 11.0. The summed E-state index contributed by atoms with van der Waals surface area (Å²) in [5.41, 5.74) is 2.27. The molecule has 112 valence electrons. The molecule has 5 nitrogen and oxygen atoms in total. The first-order valence-corrected chi connectivity index (χ1v) is 8.54. The molecule has 0 saturated carbocycles. The van der Waals surface area contributed by atoms with Crippen LogP contribution in [0, 0.1) is 13.8 Å². The van der Waals surface area contributed by atoms with E-state index in [-0.39, 0.29) is 18.6 Å². The first-order chi connectivity index (χ1) is 9.25. The molecule has 0 fully saturated rings. The van der Waals surface area contributed by atoms with Crippen molar-refractivity contribution >= 4 is 37.6 Å². The van der Waals surface area contributed by atoms with Crippen molar-refractivity contribution in [3.63, 3.8) is 0 Å². The van der Waals surface area contributed by atoms with Gasteiger partial charge in [0.1, 0.15) is 0 Å². The maximum Gasteiger partial charge on any atom is 0.305 e. The summed E-state index contributed by atoms with van der Waals surface area (Å²) >= 11 is 3.36. The maximum absolute atomic E-state index is 12.0. The molecule has 0 aromatic heterocycles. The van der Waals surface area contributed by atoms with E-state index in [2.05, 4.69) is 25.4 Å². The Morgan fingerprint density at radius 2 is 1.85 bits per heavy atom. The molecule has 0 bridgehead atoms. The number of carbonyl (C=O) groups excluding carboxylic acids is 1. The van der Waals surface area contributed by atoms with E-state index in [4.69, 9.17) is 0 Å². The van der Waals surface area contributed by atoms with Gasteiger partial charge in [-0.3, -0.25) is 9.52 Å². The van der Waals surface area contributed by atoms with Gasteiger partial charge in [-0.15, -0.1) is 0 Å². The predicted octanol–water partition coefficient (Wildman–Crippen LogP) is 2.76. The first kappa shape index (κ1) is 17.0. The number of hydrogen-bond donors (Lipinski definition) is 1. The predicted molar refractivity (Wildman–Crippen MR) is 82.3 cm³/mol. The van der Waals surface area contributed by atoms with Crippen LogP contribution >= 0.6 is 15.9 Å². The fourth-order valence-electron chi connectivity index (χ4n) is 1.79. The molecule has 0 amide bonds. The van der Waals surface area contributed by atoms with E-state index in [0.29, 0.717) is 5.69 Å². The second-order valence-corrected chi connectivity index (χ2v) is 7.27. The van der Waals surface area contributed by atoms with E-state index < -0.39 is 16.0 Å². The first-order valence-electron chi connectivity index (χ1n) is 6.09. The Hall–Kier alpha value is -1.08. The summed E-state index contributed by atoms with van der Waals surface area (Å²) in [6, 6.07) is 3.69. The van der Waals surface area contributed by atoms with Gasteiger partial charge in [0.25, 0.3) is 0 Å². The Morgan fingerprint density at radius 1 is 1.30 bits per heavy atom. The van der Waals surface area contributed by atoms with Crippen LogP contribution in [0.25, 0.3) is 0 Å². The highest BCUT2D eigenvalue weighted by atomic mass is 79.9. The highest BCUT2D eigenvalue weighted by Crippen LogP contribution is 2.26. The number of benzene rings is 1. The summed E-state index contributed by atoms with van der Waals surface area (Å²) in [5.74, 6) is -0.520. The molecule has 0 saturated heterocycles. The highest BCUT2D eigenvalue weighted by Gasteiger charge is 2.15. The van der Waals surface area contributed by atoms with Gasteiger partial charge in [-0.2, -0.15) is 0 Å². The van der Waals surface area contributed by atoms with Crippen molar-refractivity contribution in [2.45, 2.75) is 26.7 Å². The third-order valence-corrected chi connectivity index (χ3v) is 4.58. The van der Waals surface area contributed by atoms with Crippen molar-refractivity contribution in [1.82, 2.24) is 0 Å². The van der Waals surface area contributed by atoms with Gasteiger partial charge in [-0.25, -0.2) is 8.42 Å². The zero-order valence-electron chi connectivity index (χ0n) is 11.7. The van der Waals surface area contributed by atoms with Gasteiger partial charge < -0.3 is 4.74 Å². The number of esters is 1. The normalized spacial score (nSPS) is 11.2. The molecular formula is C13H18BrNO4S. The van der Waals surface area contributed by atoms with Crippen LogP contribution in [0.2, 0.25) is 0 Å². The van der Waals surface area contributed by atoms with Crippen LogP contribution in [0.5, 0.6) is 0 Å². The lowest BCUT2D eigenvalue weighted by molar-refractivity contribution is -0.140. The quantitative estimate of drug-likeness (QED) is 0.788. The lowest BCUT2D eigenvalue weighted by atomic mass is 10.1. The van der Waals surface area contributed by atoms with Gasteiger partial charge >= 0.3 is 5.97 Å². The van der Waals surface area contributed by atoms with E-state index in [9.17, 15) is 13.2 Å². The summed E-state index contributed by atoms with van der Waals surface area (Å²) in [6.45, 7) is 3.67. The molecule has 0 aliphatic rings. The van der Waals surface area contributed by atoms with Crippen molar-refractivity contribution in [2.24, 2.45) is 0 Å². The molecular weight excluding hydrogens is 346 g/mol. The maximum atomic E-state index is 12.0. The minimum Gasteiger partial charge on any atom is -0.469 e. The average Bonchev–Trinajstić information content (AvgIpc) is 2.33. The second-order valence-electron chi connectivity index (χ2n) is 4.52. The number of nitrogens with one attached hydrogen (secondary N) is 1. The number of hydrogen-bond acceptors (Lipinski definition) is 4. The molecule has 1 N–H and O–H groups in total. The van der Waals surface area contributed by atoms with Crippen molar-refractivity contribution < 1.29 is 17.9 Å². The van der Waals surface area contributed by atoms with Crippen molar-refractivity contribution in [3.05, 3.63) is 27.7 Å². The third-order valence-electron chi connectivity index (χ3n) is 2.78. The van der Waals surface area contributed by atoms with Crippen molar-refractivity contribution in [2.75, 3.05) is 17.6 Å². The van der Waals surface area contributed by atoms with E-state index in [1.54, 1.807) is 0 Å². The molecule has 20 heavy (non-hydrogen) atoms. The minimum atomic E-state index is -3.47. The molecule has 0 radical (unpaired) electrons. The lowest BCUT2D eigenvalue weighted by Gasteiger charge is -2.13. The van der Waals surface area contributed by atoms with Gasteiger partial charge in [0, 0.05) is 10.9 Å². The molecule has 0 aliphatic heterocycles. The second kappa shape index (κ2) is 7.08. The fourth-order valence-corrected chi connectivity index (χ4v) is 3.73. The van der Waals surface area contributed by atoms with Gasteiger partial charge in [-0.1, -0.05) is 15.9 Å². The monoisotopic (exact) mass is 363 g/mol. The molecule has 7 heteroatoms. The van der Waals surface area contributed by atoms with Crippen LogP contribution in [0.3, 0.4) is 0 Å². The number of methoxy groups -OCH3 is 1. The Labute approximate surface area is 127 Å². The van der Waals surface area contributed by atoms with Gasteiger partial charge in [0.15, 0.2) is 0 Å². The number of ether oxygens (including phenoxy) is 1. The third kappa shape index (κ3) is 5.13. The highest BCUT2D eigenvalue weighted by molar-refractivity contribution is 9.10. The van der Waals surface area contributed by atoms with Gasteiger partial charge in [-0.05, 0) is 43.5 Å². The number of sulfonamides is 1. The molecule has 1 aromatic carbocycles. The summed E-state index contributed by atoms with van der Waals surface area (Å²) in [7, 11) is -2.19. The summed E-state index contributed by atoms with van der Waals surface area (Å²) < 4.78 is 31.9. The van der Waals surface area contributed by atoms with Crippen molar-refractivity contribution in [1.29, 1.82) is 0 Å². The zero-order chi connectivity index (χ0) is 15.3. The van der Waals surface area contributed by atoms with E-state index in [1.165, 1.54) is 7.11 Å². The molecule has 0 spiro atoms. The summed E-state index contributed by atoms with van der Waals surface area (Å²) in [5, 5.41) is 0. The fraction of sp³-hybridized carbons (Fsp3) is 0.462. The van der Waals surface area contributed by atoms with Crippen LogP contribution in [-0.4, -0.2) is 27.2 Å². The van der Waals surface area contributed by atoms with Gasteiger partial charge in [0.2, 0.25) is 10.0 Å². The minimum absolute atomic E-state index is 0.0930. The van der Waals surface area contributed by atoms with Crippen LogP contribution in [-0.2, 0) is 19.6 Å². The molecule has 0 atom stereocenters. The number of halogens is 1. The van der Waals surface area contributed by atoms with Crippen LogP contribution in [0.15, 0.2) is 16.6 Å². The smallest absolute Gasteiger partial charge is 0.305 e. The zero-order valence-corrected chi connectivity index (χ0v) is 14.1. The molecule has 1 rings (SSSR count). The molecule has 0 unspecified atom stereocenters. The standard InChI is InChI=1S/C13H18BrNO4S/c1-9-7-11(14)8-10(2)13(9)15-20(17,18)6-4-5-12(16)19-3/h7-8,15H,4-6H2,1-3H3. The molecule has 0 heterocycles. The van der Waals surface area contributed by atoms with Crippen LogP contribution < -0.4 is 4.72 Å². The molecule has 1 aromatic rings. The lowest BCUT2D eigenvalue weighted by Crippen LogP contribution is -2.19. The van der Waals surface area contributed by atoms with Crippen LogP contribution in [0.1, 0.15) is 24.0 Å². The Bertz CT molecular complexity index is 575.